The van der Waals surface area contributed by atoms with Crippen LogP contribution in [0.3, 0.4) is 0 Å². The second-order valence-corrected chi connectivity index (χ2v) is 6.02. The second kappa shape index (κ2) is 6.85. The average molecular weight is 332 g/mol. The minimum absolute atomic E-state index is 0.000666. The van der Waals surface area contributed by atoms with Gasteiger partial charge in [0.25, 0.3) is 5.91 Å². The molecular formula is C21H20N2O2. The average Bonchev–Trinajstić information content (AvgIpc) is 2.61. The summed E-state index contributed by atoms with van der Waals surface area (Å²) in [6, 6.07) is 14.7. The summed E-state index contributed by atoms with van der Waals surface area (Å²) >= 11 is 0. The lowest BCUT2D eigenvalue weighted by molar-refractivity contribution is 0.101. The first-order valence-corrected chi connectivity index (χ1v) is 8.31. The molecule has 3 rings (SSSR count). The molecule has 0 unspecified atom stereocenters. The number of benzene rings is 2. The highest BCUT2D eigenvalue weighted by atomic mass is 16.1. The minimum Gasteiger partial charge on any atom is -0.322 e. The van der Waals surface area contributed by atoms with Gasteiger partial charge in [-0.2, -0.15) is 0 Å². The predicted octanol–water partition coefficient (Wildman–Crippen LogP) is 4.56. The fraction of sp³-hybridized carbons (Fsp3) is 0.190. The number of nitrogens with one attached hydrogen (secondary N) is 1. The number of anilines is 1. The van der Waals surface area contributed by atoms with Gasteiger partial charge in [0, 0.05) is 16.6 Å². The maximum atomic E-state index is 12.9. The summed E-state index contributed by atoms with van der Waals surface area (Å²) in [6.45, 7) is 5.47. The molecule has 4 heteroatoms. The Morgan fingerprint density at radius 3 is 2.36 bits per heavy atom. The van der Waals surface area contributed by atoms with Crippen LogP contribution in [0.5, 0.6) is 0 Å². The van der Waals surface area contributed by atoms with Crippen LogP contribution in [0.4, 0.5) is 5.69 Å². The van der Waals surface area contributed by atoms with Crippen molar-refractivity contribution in [2.75, 3.05) is 5.32 Å². The number of amides is 1. The third-order valence-corrected chi connectivity index (χ3v) is 4.34. The molecule has 1 aromatic heterocycles. The van der Waals surface area contributed by atoms with Gasteiger partial charge in [0.15, 0.2) is 5.78 Å². The highest BCUT2D eigenvalue weighted by Crippen LogP contribution is 2.24. The Labute approximate surface area is 146 Å². The van der Waals surface area contributed by atoms with Gasteiger partial charge in [-0.05, 0) is 56.2 Å². The van der Waals surface area contributed by atoms with E-state index in [2.05, 4.69) is 10.3 Å². The first-order valence-electron chi connectivity index (χ1n) is 8.31. The third-order valence-electron chi connectivity index (χ3n) is 4.34. The molecule has 0 radical (unpaired) electrons. The number of rotatable bonds is 4. The van der Waals surface area contributed by atoms with Crippen LogP contribution in [-0.2, 0) is 6.42 Å². The number of aromatic nitrogens is 1. The fourth-order valence-electron chi connectivity index (χ4n) is 2.98. The Morgan fingerprint density at radius 1 is 1.04 bits per heavy atom. The van der Waals surface area contributed by atoms with E-state index in [-0.39, 0.29) is 11.7 Å². The van der Waals surface area contributed by atoms with Gasteiger partial charge >= 0.3 is 0 Å². The van der Waals surface area contributed by atoms with Gasteiger partial charge in [0.2, 0.25) is 0 Å². The van der Waals surface area contributed by atoms with Gasteiger partial charge in [-0.3, -0.25) is 14.6 Å². The number of carbonyl (C=O) groups excluding carboxylic acids is 2. The smallest absolute Gasteiger partial charge is 0.257 e. The van der Waals surface area contributed by atoms with Crippen molar-refractivity contribution in [3.63, 3.8) is 0 Å². The van der Waals surface area contributed by atoms with Crippen molar-refractivity contribution < 1.29 is 9.59 Å². The molecular weight excluding hydrogens is 312 g/mol. The van der Waals surface area contributed by atoms with Crippen molar-refractivity contribution in [1.82, 2.24) is 4.98 Å². The molecule has 0 bridgehead atoms. The van der Waals surface area contributed by atoms with E-state index >= 15 is 0 Å². The van der Waals surface area contributed by atoms with Crippen molar-refractivity contribution in [3.05, 3.63) is 70.9 Å². The van der Waals surface area contributed by atoms with Crippen LogP contribution < -0.4 is 5.32 Å². The summed E-state index contributed by atoms with van der Waals surface area (Å²) in [7, 11) is 0. The molecule has 126 valence electrons. The standard InChI is InChI=1S/C21H20N2O2/c1-4-18-20(13(2)17-7-5-6-8-19(17)23-18)21(25)22-16-11-9-15(10-12-16)14(3)24/h5-12H,4H2,1-3H3,(H,22,25). The molecule has 2 aromatic carbocycles. The lowest BCUT2D eigenvalue weighted by Gasteiger charge is -2.14. The highest BCUT2D eigenvalue weighted by Gasteiger charge is 2.18. The molecule has 0 aliphatic rings. The second-order valence-electron chi connectivity index (χ2n) is 6.02. The van der Waals surface area contributed by atoms with Crippen molar-refractivity contribution in [2.24, 2.45) is 0 Å². The third kappa shape index (κ3) is 3.29. The van der Waals surface area contributed by atoms with Gasteiger partial charge in [0.05, 0.1) is 16.8 Å². The van der Waals surface area contributed by atoms with Gasteiger partial charge in [-0.25, -0.2) is 0 Å². The lowest BCUT2D eigenvalue weighted by Crippen LogP contribution is -2.17. The van der Waals surface area contributed by atoms with Crippen LogP contribution in [0.2, 0.25) is 0 Å². The molecule has 1 amide bonds. The SMILES string of the molecule is CCc1nc2ccccc2c(C)c1C(=O)Nc1ccc(C(C)=O)cc1. The molecule has 4 nitrogen and oxygen atoms in total. The molecule has 0 fully saturated rings. The number of carbonyl (C=O) groups is 2. The molecule has 1 heterocycles. The Morgan fingerprint density at radius 2 is 1.72 bits per heavy atom. The molecule has 25 heavy (non-hydrogen) atoms. The molecule has 0 saturated carbocycles. The molecule has 3 aromatic rings. The van der Waals surface area contributed by atoms with E-state index in [1.54, 1.807) is 24.3 Å². The largest absolute Gasteiger partial charge is 0.322 e. The van der Waals surface area contributed by atoms with Crippen molar-refractivity contribution in [3.8, 4) is 0 Å². The van der Waals surface area contributed by atoms with Crippen LogP contribution in [0, 0.1) is 6.92 Å². The van der Waals surface area contributed by atoms with Crippen molar-refractivity contribution in [2.45, 2.75) is 27.2 Å². The van der Waals surface area contributed by atoms with Gasteiger partial charge in [-0.15, -0.1) is 0 Å². The van der Waals surface area contributed by atoms with Gasteiger partial charge in [-0.1, -0.05) is 25.1 Å². The fourth-order valence-corrected chi connectivity index (χ4v) is 2.98. The number of hydrogen-bond donors (Lipinski definition) is 1. The Hall–Kier alpha value is -3.01. The topological polar surface area (TPSA) is 59.1 Å². The van der Waals surface area contributed by atoms with E-state index in [1.807, 2.05) is 38.1 Å². The van der Waals surface area contributed by atoms with E-state index in [0.29, 0.717) is 23.2 Å². The number of hydrogen-bond acceptors (Lipinski definition) is 3. The zero-order valence-corrected chi connectivity index (χ0v) is 14.6. The number of para-hydroxylation sites is 1. The minimum atomic E-state index is -0.178. The summed E-state index contributed by atoms with van der Waals surface area (Å²) in [4.78, 5) is 28.9. The molecule has 0 aliphatic carbocycles. The number of aryl methyl sites for hydroxylation is 2. The van der Waals surface area contributed by atoms with E-state index in [1.165, 1.54) is 6.92 Å². The van der Waals surface area contributed by atoms with E-state index in [9.17, 15) is 9.59 Å². The zero-order chi connectivity index (χ0) is 18.0. The maximum Gasteiger partial charge on any atom is 0.257 e. The maximum absolute atomic E-state index is 12.9. The molecule has 0 spiro atoms. The summed E-state index contributed by atoms with van der Waals surface area (Å²) in [6.07, 6.45) is 0.678. The quantitative estimate of drug-likeness (QED) is 0.713. The Balaban J connectivity index is 1.98. The summed E-state index contributed by atoms with van der Waals surface area (Å²) in [5.41, 5.74) is 4.52. The predicted molar refractivity (Wildman–Crippen MR) is 100 cm³/mol. The van der Waals surface area contributed by atoms with Crippen molar-refractivity contribution in [1.29, 1.82) is 0 Å². The summed E-state index contributed by atoms with van der Waals surface area (Å²) in [5, 5.41) is 3.90. The van der Waals surface area contributed by atoms with Crippen LogP contribution in [-0.4, -0.2) is 16.7 Å². The Bertz CT molecular complexity index is 960. The summed E-state index contributed by atoms with van der Waals surface area (Å²) in [5.74, 6) is -0.177. The number of Topliss-reactive ketones (excluding diaryl/α,β-unsaturated/α-hetero) is 1. The Kier molecular flexibility index (Phi) is 4.61. The van der Waals surface area contributed by atoms with E-state index < -0.39 is 0 Å². The lowest BCUT2D eigenvalue weighted by atomic mass is 9.99. The number of fused-ring (bicyclic) bond motifs is 1. The van der Waals surface area contributed by atoms with Gasteiger partial charge in [0.1, 0.15) is 0 Å². The monoisotopic (exact) mass is 332 g/mol. The van der Waals surface area contributed by atoms with Crippen LogP contribution in [0.15, 0.2) is 48.5 Å². The van der Waals surface area contributed by atoms with Crippen LogP contribution in [0.25, 0.3) is 10.9 Å². The first-order chi connectivity index (χ1) is 12.0. The van der Waals surface area contributed by atoms with Gasteiger partial charge < -0.3 is 5.32 Å². The zero-order valence-electron chi connectivity index (χ0n) is 14.6. The van der Waals surface area contributed by atoms with Crippen LogP contribution in [0.1, 0.15) is 45.8 Å². The first kappa shape index (κ1) is 16.8. The van der Waals surface area contributed by atoms with Crippen molar-refractivity contribution >= 4 is 28.3 Å². The van der Waals surface area contributed by atoms with E-state index in [4.69, 9.17) is 0 Å². The normalized spacial score (nSPS) is 10.7. The number of ketones is 1. The number of pyridine rings is 1. The molecule has 1 N–H and O–H groups in total. The molecule has 0 atom stereocenters. The highest BCUT2D eigenvalue weighted by molar-refractivity contribution is 6.08. The number of nitrogens with zero attached hydrogens (tertiary/aromatic N) is 1. The van der Waals surface area contributed by atoms with Crippen LogP contribution >= 0.6 is 0 Å². The van der Waals surface area contributed by atoms with E-state index in [0.717, 1.165) is 22.2 Å². The summed E-state index contributed by atoms with van der Waals surface area (Å²) < 4.78 is 0. The molecule has 0 aliphatic heterocycles. The molecule has 0 saturated heterocycles.